The van der Waals surface area contributed by atoms with Crippen molar-refractivity contribution >= 4 is 28.0 Å². The molecule has 216 valence electrons. The number of amides is 1. The fourth-order valence-electron chi connectivity index (χ4n) is 5.78. The number of likely N-dealkylation sites (tertiary alicyclic amines) is 1. The summed E-state index contributed by atoms with van der Waals surface area (Å²) in [5.74, 6) is -0.0227. The molecule has 8 nitrogen and oxygen atoms in total. The lowest BCUT2D eigenvalue weighted by Gasteiger charge is -2.35. The largest absolute Gasteiger partial charge is 0.481 e. The molecule has 0 bridgehead atoms. The molecule has 1 aromatic heterocycles. The Morgan fingerprint density at radius 3 is 2.48 bits per heavy atom. The van der Waals surface area contributed by atoms with Gasteiger partial charge in [0.05, 0.1) is 32.5 Å². The average molecular weight is 616 g/mol. The number of hydrogen-bond acceptors (Lipinski definition) is 7. The van der Waals surface area contributed by atoms with E-state index in [0.29, 0.717) is 11.8 Å². The number of nitrogens with zero attached hydrogens (tertiary/aromatic N) is 2. The van der Waals surface area contributed by atoms with E-state index in [0.717, 1.165) is 28.4 Å². The van der Waals surface area contributed by atoms with Crippen molar-refractivity contribution in [3.63, 3.8) is 0 Å². The molecule has 2 aliphatic rings. The van der Waals surface area contributed by atoms with E-state index >= 15 is 0 Å². The molecule has 0 N–H and O–H groups in total. The van der Waals surface area contributed by atoms with E-state index in [9.17, 15) is 9.59 Å². The number of halogens is 1. The highest BCUT2D eigenvalue weighted by Crippen LogP contribution is 2.53. The Morgan fingerprint density at radius 2 is 1.88 bits per heavy atom. The predicted molar refractivity (Wildman–Crippen MR) is 155 cm³/mol. The first-order valence-corrected chi connectivity index (χ1v) is 14.5. The van der Waals surface area contributed by atoms with E-state index < -0.39 is 41.6 Å². The van der Waals surface area contributed by atoms with Gasteiger partial charge in [-0.15, -0.1) is 0 Å². The van der Waals surface area contributed by atoms with Crippen molar-refractivity contribution in [2.45, 2.75) is 71.2 Å². The van der Waals surface area contributed by atoms with Gasteiger partial charge in [-0.3, -0.25) is 4.90 Å². The Morgan fingerprint density at radius 1 is 1.18 bits per heavy atom. The minimum absolute atomic E-state index is 0.0223. The van der Waals surface area contributed by atoms with Gasteiger partial charge in [0.2, 0.25) is 5.88 Å². The molecule has 1 aliphatic heterocycles. The summed E-state index contributed by atoms with van der Waals surface area (Å²) in [6, 6.07) is 8.54. The summed E-state index contributed by atoms with van der Waals surface area (Å²) in [7, 11) is 1.57. The molecule has 40 heavy (non-hydrogen) atoms. The van der Waals surface area contributed by atoms with E-state index in [2.05, 4.69) is 54.3 Å². The van der Waals surface area contributed by atoms with E-state index in [-0.39, 0.29) is 19.8 Å². The molecule has 1 aromatic carbocycles. The van der Waals surface area contributed by atoms with Crippen LogP contribution in [0.4, 0.5) is 4.79 Å². The van der Waals surface area contributed by atoms with Crippen LogP contribution in [-0.2, 0) is 25.6 Å². The second kappa shape index (κ2) is 12.7. The lowest BCUT2D eigenvalue weighted by Crippen LogP contribution is -2.48. The van der Waals surface area contributed by atoms with Gasteiger partial charge in [0.1, 0.15) is 12.6 Å². The number of ether oxygens (including phenoxy) is 4. The van der Waals surface area contributed by atoms with Gasteiger partial charge in [-0.05, 0) is 64.2 Å². The van der Waals surface area contributed by atoms with Crippen LogP contribution >= 0.6 is 15.9 Å². The van der Waals surface area contributed by atoms with Crippen molar-refractivity contribution in [2.24, 2.45) is 11.3 Å². The first-order valence-electron chi connectivity index (χ1n) is 13.7. The van der Waals surface area contributed by atoms with Crippen LogP contribution in [0.25, 0.3) is 0 Å². The van der Waals surface area contributed by atoms with Gasteiger partial charge < -0.3 is 18.9 Å². The Bertz CT molecular complexity index is 1220. The summed E-state index contributed by atoms with van der Waals surface area (Å²) >= 11 is 3.49. The lowest BCUT2D eigenvalue weighted by atomic mass is 9.73. The highest BCUT2D eigenvalue weighted by atomic mass is 79.9. The molecular formula is C31H39BrN2O6. The van der Waals surface area contributed by atoms with Crippen LogP contribution in [-0.4, -0.2) is 54.4 Å². The number of carbonyl (C=O) groups excluding carboxylic acids is 2. The van der Waals surface area contributed by atoms with Gasteiger partial charge in [0, 0.05) is 22.2 Å². The number of hydrogen-bond donors (Lipinski definition) is 0. The Kier molecular flexibility index (Phi) is 9.56. The Hall–Kier alpha value is -2.91. The summed E-state index contributed by atoms with van der Waals surface area (Å²) in [5.41, 5.74) is 2.44. The van der Waals surface area contributed by atoms with E-state index in [1.54, 1.807) is 25.1 Å². The van der Waals surface area contributed by atoms with Gasteiger partial charge >= 0.3 is 12.1 Å². The topological polar surface area (TPSA) is 87.2 Å². The maximum absolute atomic E-state index is 13.8. The Labute approximate surface area is 245 Å². The zero-order valence-corrected chi connectivity index (χ0v) is 25.5. The highest BCUT2D eigenvalue weighted by molar-refractivity contribution is 9.10. The van der Waals surface area contributed by atoms with Crippen molar-refractivity contribution in [3.8, 4) is 5.88 Å². The molecule has 1 saturated carbocycles. The monoisotopic (exact) mass is 614 g/mol. The number of aromatic nitrogens is 1. The molecule has 0 unspecified atom stereocenters. The normalized spacial score (nSPS) is 22.6. The molecule has 1 amide bonds. The summed E-state index contributed by atoms with van der Waals surface area (Å²) in [5, 5.41) is 0. The zero-order chi connectivity index (χ0) is 29.0. The third-order valence-corrected chi connectivity index (χ3v) is 7.95. The van der Waals surface area contributed by atoms with Crippen LogP contribution in [0.3, 0.4) is 0 Å². The van der Waals surface area contributed by atoms with Crippen LogP contribution in [0.1, 0.15) is 69.2 Å². The molecule has 9 heteroatoms. The zero-order valence-electron chi connectivity index (χ0n) is 23.9. The number of pyridine rings is 1. The standard InChI is InChI=1S/C31H39BrN2O6/c1-7-15-39-30(36)34-25(23-12-10-9-11-22(23)19-13-14-19)27(24(31(3,4)5)26(34)29(35)38-8-2)40-18-20-16-21(32)17-33-28(20)37-6/h7,9-12,16-17,19,24-27H,1,8,13-15,18H2,2-6H3/t24-,25+,26+,27+/m1/s1. The summed E-state index contributed by atoms with van der Waals surface area (Å²) < 4.78 is 24.2. The van der Waals surface area contributed by atoms with Gasteiger partial charge in [-0.1, -0.05) is 57.7 Å². The molecule has 1 saturated heterocycles. The molecule has 0 radical (unpaired) electrons. The van der Waals surface area contributed by atoms with Crippen molar-refractivity contribution in [2.75, 3.05) is 20.3 Å². The molecule has 4 atom stereocenters. The molecule has 2 fully saturated rings. The van der Waals surface area contributed by atoms with Gasteiger partial charge in [0.25, 0.3) is 0 Å². The van der Waals surface area contributed by atoms with Gasteiger partial charge in [0.15, 0.2) is 0 Å². The van der Waals surface area contributed by atoms with Crippen LogP contribution in [0, 0.1) is 11.3 Å². The summed E-state index contributed by atoms with van der Waals surface area (Å²) in [6.45, 7) is 12.0. The number of carbonyl (C=O) groups is 2. The van der Waals surface area contributed by atoms with Crippen LogP contribution in [0.15, 0.2) is 53.7 Å². The van der Waals surface area contributed by atoms with Crippen LogP contribution < -0.4 is 4.74 Å². The second-order valence-corrected chi connectivity index (χ2v) is 12.2. The predicted octanol–water partition coefficient (Wildman–Crippen LogP) is 6.59. The third-order valence-electron chi connectivity index (χ3n) is 7.52. The maximum Gasteiger partial charge on any atom is 0.411 e. The molecule has 4 rings (SSSR count). The molecular weight excluding hydrogens is 576 g/mol. The van der Waals surface area contributed by atoms with Gasteiger partial charge in [-0.2, -0.15) is 0 Å². The van der Waals surface area contributed by atoms with Crippen LogP contribution in [0.2, 0.25) is 0 Å². The smallest absolute Gasteiger partial charge is 0.411 e. The molecule has 2 aromatic rings. The summed E-state index contributed by atoms with van der Waals surface area (Å²) in [4.78, 5) is 33.4. The van der Waals surface area contributed by atoms with Crippen molar-refractivity contribution in [1.82, 2.24) is 9.88 Å². The van der Waals surface area contributed by atoms with Crippen molar-refractivity contribution < 1.29 is 28.5 Å². The molecule has 2 heterocycles. The second-order valence-electron chi connectivity index (χ2n) is 11.3. The third kappa shape index (κ3) is 6.36. The number of esters is 1. The van der Waals surface area contributed by atoms with Crippen molar-refractivity contribution in [1.29, 1.82) is 0 Å². The van der Waals surface area contributed by atoms with Crippen molar-refractivity contribution in [3.05, 3.63) is 70.3 Å². The molecule has 1 aliphatic carbocycles. The first kappa shape index (κ1) is 30.1. The molecule has 0 spiro atoms. The van der Waals surface area contributed by atoms with E-state index in [4.69, 9.17) is 18.9 Å². The SMILES string of the molecule is C=CCOC(=O)N1[C@H](C(=O)OCC)[C@@H](C(C)(C)C)[C@H](OCc2cc(Br)cnc2OC)[C@@H]1c1ccccc1C1CC1. The first-order chi connectivity index (χ1) is 19.1. The number of rotatable bonds is 10. The lowest BCUT2D eigenvalue weighted by molar-refractivity contribution is -0.151. The Balaban J connectivity index is 1.88. The fraction of sp³-hybridized carbons (Fsp3) is 0.516. The van der Waals surface area contributed by atoms with Crippen LogP contribution in [0.5, 0.6) is 5.88 Å². The minimum Gasteiger partial charge on any atom is -0.481 e. The van der Waals surface area contributed by atoms with Gasteiger partial charge in [-0.25, -0.2) is 14.6 Å². The maximum atomic E-state index is 13.8. The fourth-order valence-corrected chi connectivity index (χ4v) is 6.16. The quantitative estimate of drug-likeness (QED) is 0.220. The minimum atomic E-state index is -0.915. The highest BCUT2D eigenvalue weighted by Gasteiger charge is 2.60. The number of methoxy groups -OCH3 is 1. The number of benzene rings is 1. The van der Waals surface area contributed by atoms with E-state index in [1.807, 2.05) is 24.3 Å². The summed E-state index contributed by atoms with van der Waals surface area (Å²) in [6.07, 6.45) is 4.19. The van der Waals surface area contributed by atoms with E-state index in [1.165, 1.54) is 11.6 Å². The average Bonchev–Trinajstić information content (AvgIpc) is 3.70.